The molecule has 0 fully saturated rings. The number of furan rings is 2. The highest BCUT2D eigenvalue weighted by Crippen LogP contribution is 2.21. The van der Waals surface area contributed by atoms with Gasteiger partial charge in [-0.15, -0.1) is 0 Å². The standard InChI is InChI=1S/C17H22N2O5/c1-5-22-16(20)15-7-6-13(24-15)9-18-17(21)19-11(3)14-8-10(2)23-12(14)4/h6-8,11H,5,9H2,1-4H3,(H2,18,19,21)/t11-/m0/s1. The van der Waals surface area contributed by atoms with E-state index in [1.165, 1.54) is 6.07 Å². The van der Waals surface area contributed by atoms with Crippen molar-refractivity contribution in [2.75, 3.05) is 6.61 Å². The number of hydrogen-bond acceptors (Lipinski definition) is 5. The summed E-state index contributed by atoms with van der Waals surface area (Å²) in [5.41, 5.74) is 0.935. The quantitative estimate of drug-likeness (QED) is 0.791. The van der Waals surface area contributed by atoms with Gasteiger partial charge in [0.2, 0.25) is 5.76 Å². The van der Waals surface area contributed by atoms with Crippen LogP contribution in [0.5, 0.6) is 0 Å². The fourth-order valence-corrected chi connectivity index (χ4v) is 2.36. The van der Waals surface area contributed by atoms with E-state index in [0.717, 1.165) is 17.1 Å². The summed E-state index contributed by atoms with van der Waals surface area (Å²) in [5.74, 6) is 1.65. The molecule has 24 heavy (non-hydrogen) atoms. The van der Waals surface area contributed by atoms with Crippen molar-refractivity contribution in [3.05, 3.63) is 46.8 Å². The molecule has 0 aliphatic heterocycles. The van der Waals surface area contributed by atoms with Gasteiger partial charge < -0.3 is 24.2 Å². The highest BCUT2D eigenvalue weighted by atomic mass is 16.5. The second kappa shape index (κ2) is 7.72. The highest BCUT2D eigenvalue weighted by Gasteiger charge is 2.16. The van der Waals surface area contributed by atoms with E-state index in [1.807, 2.05) is 26.8 Å². The first-order valence-electron chi connectivity index (χ1n) is 7.77. The predicted octanol–water partition coefficient (Wildman–Crippen LogP) is 3.23. The Hall–Kier alpha value is -2.70. The van der Waals surface area contributed by atoms with Crippen molar-refractivity contribution in [2.45, 2.75) is 40.3 Å². The molecule has 0 aliphatic rings. The molecule has 2 N–H and O–H groups in total. The average Bonchev–Trinajstić information content (AvgIpc) is 3.12. The Morgan fingerprint density at radius 3 is 2.62 bits per heavy atom. The summed E-state index contributed by atoms with van der Waals surface area (Å²) < 4.78 is 15.6. The molecule has 0 spiro atoms. The molecule has 2 rings (SSSR count). The number of carbonyl (C=O) groups excluding carboxylic acids is 2. The Labute approximate surface area is 140 Å². The van der Waals surface area contributed by atoms with Crippen LogP contribution in [0.15, 0.2) is 27.0 Å². The van der Waals surface area contributed by atoms with Crippen molar-refractivity contribution >= 4 is 12.0 Å². The zero-order valence-electron chi connectivity index (χ0n) is 14.3. The molecule has 0 saturated carbocycles. The van der Waals surface area contributed by atoms with Crippen LogP contribution in [0.3, 0.4) is 0 Å². The monoisotopic (exact) mass is 334 g/mol. The molecular weight excluding hydrogens is 312 g/mol. The number of hydrogen-bond donors (Lipinski definition) is 2. The van der Waals surface area contributed by atoms with Crippen LogP contribution in [0.2, 0.25) is 0 Å². The number of ether oxygens (including phenoxy) is 1. The first-order valence-corrected chi connectivity index (χ1v) is 7.77. The third-order valence-electron chi connectivity index (χ3n) is 3.45. The summed E-state index contributed by atoms with van der Waals surface area (Å²) >= 11 is 0. The molecule has 0 bridgehead atoms. The van der Waals surface area contributed by atoms with Crippen molar-refractivity contribution < 1.29 is 23.2 Å². The van der Waals surface area contributed by atoms with E-state index < -0.39 is 5.97 Å². The van der Waals surface area contributed by atoms with Crippen LogP contribution >= 0.6 is 0 Å². The minimum atomic E-state index is -0.521. The molecule has 2 aromatic rings. The Balaban J connectivity index is 1.85. The Morgan fingerprint density at radius 2 is 2.00 bits per heavy atom. The summed E-state index contributed by atoms with van der Waals surface area (Å²) in [6, 6.07) is 4.52. The molecule has 0 aliphatic carbocycles. The van der Waals surface area contributed by atoms with E-state index in [9.17, 15) is 9.59 Å². The second-order valence-electron chi connectivity index (χ2n) is 5.40. The molecule has 0 unspecified atom stereocenters. The van der Waals surface area contributed by atoms with Crippen LogP contribution in [0, 0.1) is 13.8 Å². The number of nitrogens with one attached hydrogen (secondary N) is 2. The summed E-state index contributed by atoms with van der Waals surface area (Å²) in [6.45, 7) is 7.77. The van der Waals surface area contributed by atoms with Gasteiger partial charge in [-0.05, 0) is 45.9 Å². The molecule has 0 radical (unpaired) electrons. The number of esters is 1. The van der Waals surface area contributed by atoms with Gasteiger partial charge in [0.15, 0.2) is 0 Å². The first kappa shape index (κ1) is 17.7. The maximum atomic E-state index is 12.0. The summed E-state index contributed by atoms with van der Waals surface area (Å²) in [6.07, 6.45) is 0. The van der Waals surface area contributed by atoms with E-state index in [-0.39, 0.29) is 31.0 Å². The van der Waals surface area contributed by atoms with Gasteiger partial charge in [0.1, 0.15) is 17.3 Å². The van der Waals surface area contributed by atoms with Gasteiger partial charge in [-0.25, -0.2) is 9.59 Å². The molecule has 7 nitrogen and oxygen atoms in total. The van der Waals surface area contributed by atoms with Crippen molar-refractivity contribution in [3.8, 4) is 0 Å². The smallest absolute Gasteiger partial charge is 0.374 e. The fraction of sp³-hybridized carbons (Fsp3) is 0.412. The molecule has 7 heteroatoms. The highest BCUT2D eigenvalue weighted by molar-refractivity contribution is 5.86. The van der Waals surface area contributed by atoms with Gasteiger partial charge in [0.25, 0.3) is 0 Å². The molecule has 0 saturated heterocycles. The maximum absolute atomic E-state index is 12.0. The predicted molar refractivity (Wildman–Crippen MR) is 86.6 cm³/mol. The minimum absolute atomic E-state index is 0.118. The molecule has 1 atom stereocenters. The molecule has 130 valence electrons. The summed E-state index contributed by atoms with van der Waals surface area (Å²) in [5, 5.41) is 5.51. The lowest BCUT2D eigenvalue weighted by Gasteiger charge is -2.13. The lowest BCUT2D eigenvalue weighted by Crippen LogP contribution is -2.36. The van der Waals surface area contributed by atoms with Crippen molar-refractivity contribution in [2.24, 2.45) is 0 Å². The van der Waals surface area contributed by atoms with E-state index in [1.54, 1.807) is 13.0 Å². The van der Waals surface area contributed by atoms with Gasteiger partial charge in [-0.2, -0.15) is 0 Å². The lowest BCUT2D eigenvalue weighted by molar-refractivity contribution is 0.0488. The molecule has 2 aromatic heterocycles. The van der Waals surface area contributed by atoms with Crippen LogP contribution in [-0.2, 0) is 11.3 Å². The van der Waals surface area contributed by atoms with Crippen molar-refractivity contribution in [1.29, 1.82) is 0 Å². The second-order valence-corrected chi connectivity index (χ2v) is 5.40. The fourth-order valence-electron chi connectivity index (χ4n) is 2.36. The van der Waals surface area contributed by atoms with Gasteiger partial charge >= 0.3 is 12.0 Å². The maximum Gasteiger partial charge on any atom is 0.374 e. The lowest BCUT2D eigenvalue weighted by atomic mass is 10.1. The number of carbonyl (C=O) groups is 2. The van der Waals surface area contributed by atoms with Gasteiger partial charge in [0.05, 0.1) is 19.2 Å². The van der Waals surface area contributed by atoms with Gasteiger partial charge in [-0.1, -0.05) is 0 Å². The number of amides is 2. The van der Waals surface area contributed by atoms with Gasteiger partial charge in [0, 0.05) is 5.56 Å². The molecule has 2 amide bonds. The summed E-state index contributed by atoms with van der Waals surface area (Å²) in [7, 11) is 0. The molecular formula is C17H22N2O5. The minimum Gasteiger partial charge on any atom is -0.466 e. The van der Waals surface area contributed by atoms with Gasteiger partial charge in [-0.3, -0.25) is 0 Å². The zero-order chi connectivity index (χ0) is 17.7. The SMILES string of the molecule is CCOC(=O)c1ccc(CNC(=O)N[C@@H](C)c2cc(C)oc2C)o1. The Bertz CT molecular complexity index is 716. The van der Waals surface area contributed by atoms with Crippen LogP contribution < -0.4 is 10.6 Å². The van der Waals surface area contributed by atoms with E-state index in [2.05, 4.69) is 10.6 Å². The number of rotatable bonds is 6. The normalized spacial score (nSPS) is 11.8. The van der Waals surface area contributed by atoms with Crippen LogP contribution in [0.25, 0.3) is 0 Å². The topological polar surface area (TPSA) is 93.7 Å². The first-order chi connectivity index (χ1) is 11.4. The van der Waals surface area contributed by atoms with E-state index in [0.29, 0.717) is 5.76 Å². The van der Waals surface area contributed by atoms with Crippen LogP contribution in [0.4, 0.5) is 4.79 Å². The molecule has 2 heterocycles. The van der Waals surface area contributed by atoms with Crippen molar-refractivity contribution in [3.63, 3.8) is 0 Å². The average molecular weight is 334 g/mol. The Kier molecular flexibility index (Phi) is 5.68. The third-order valence-corrected chi connectivity index (χ3v) is 3.45. The largest absolute Gasteiger partial charge is 0.466 e. The van der Waals surface area contributed by atoms with E-state index in [4.69, 9.17) is 13.6 Å². The number of urea groups is 1. The van der Waals surface area contributed by atoms with Crippen LogP contribution in [-0.4, -0.2) is 18.6 Å². The number of aryl methyl sites for hydroxylation is 2. The molecule has 0 aromatic carbocycles. The van der Waals surface area contributed by atoms with Crippen molar-refractivity contribution in [1.82, 2.24) is 10.6 Å². The third kappa shape index (κ3) is 4.41. The zero-order valence-corrected chi connectivity index (χ0v) is 14.3. The summed E-state index contributed by atoms with van der Waals surface area (Å²) in [4.78, 5) is 23.5. The van der Waals surface area contributed by atoms with E-state index >= 15 is 0 Å². The Morgan fingerprint density at radius 1 is 1.25 bits per heavy atom. The van der Waals surface area contributed by atoms with Crippen LogP contribution in [0.1, 0.15) is 53.3 Å².